The molecule has 1 aliphatic heterocycles. The normalized spacial score (nSPS) is 14.9. The van der Waals surface area contributed by atoms with Gasteiger partial charge in [0.05, 0.1) is 12.1 Å². The molecule has 1 aromatic rings. The molecule has 0 saturated carbocycles. The van der Waals surface area contributed by atoms with Gasteiger partial charge in [-0.05, 0) is 32.4 Å². The van der Waals surface area contributed by atoms with Crippen LogP contribution in [0.25, 0.3) is 0 Å². The van der Waals surface area contributed by atoms with E-state index in [0.717, 1.165) is 25.1 Å². The summed E-state index contributed by atoms with van der Waals surface area (Å²) >= 11 is 0. The number of benzene rings is 1. The predicted octanol–water partition coefficient (Wildman–Crippen LogP) is 1.49. The summed E-state index contributed by atoms with van der Waals surface area (Å²) in [4.78, 5) is 42.3. The smallest absolute Gasteiger partial charge is 0.254 e. The van der Waals surface area contributed by atoms with Crippen molar-refractivity contribution < 1.29 is 23.2 Å². The molecule has 0 aromatic heterocycles. The summed E-state index contributed by atoms with van der Waals surface area (Å²) in [7, 11) is 0. The molecule has 0 spiro atoms. The zero-order valence-electron chi connectivity index (χ0n) is 17.6. The molecule has 1 aromatic carbocycles. The summed E-state index contributed by atoms with van der Waals surface area (Å²) in [5, 5.41) is 2.50. The van der Waals surface area contributed by atoms with Gasteiger partial charge in [-0.3, -0.25) is 19.3 Å². The fourth-order valence-corrected chi connectivity index (χ4v) is 3.46. The van der Waals surface area contributed by atoms with Crippen LogP contribution in [0.1, 0.15) is 37.0 Å². The summed E-state index contributed by atoms with van der Waals surface area (Å²) in [6, 6.07) is 2.73. The van der Waals surface area contributed by atoms with Crippen LogP contribution in [0.15, 0.2) is 18.2 Å². The predicted molar refractivity (Wildman–Crippen MR) is 109 cm³/mol. The number of amides is 3. The molecule has 166 valence electrons. The van der Waals surface area contributed by atoms with Crippen molar-refractivity contribution in [3.8, 4) is 0 Å². The lowest BCUT2D eigenvalue weighted by Gasteiger charge is -2.25. The van der Waals surface area contributed by atoms with Gasteiger partial charge < -0.3 is 15.1 Å². The average Bonchev–Trinajstić information content (AvgIpc) is 2.94. The zero-order valence-corrected chi connectivity index (χ0v) is 17.6. The highest BCUT2D eigenvalue weighted by molar-refractivity contribution is 5.94. The van der Waals surface area contributed by atoms with Crippen molar-refractivity contribution in [1.29, 1.82) is 0 Å². The number of nitrogens with one attached hydrogen (secondary N) is 1. The monoisotopic (exact) mass is 424 g/mol. The zero-order chi connectivity index (χ0) is 22.1. The number of nitrogens with zero attached hydrogens (tertiary/aromatic N) is 3. The lowest BCUT2D eigenvalue weighted by molar-refractivity contribution is -0.132. The molecule has 1 saturated heterocycles. The van der Waals surface area contributed by atoms with Gasteiger partial charge in [0.2, 0.25) is 11.8 Å². The Hall–Kier alpha value is -2.55. The molecule has 3 amide bonds. The second-order valence-electron chi connectivity index (χ2n) is 7.21. The Labute approximate surface area is 176 Å². The summed E-state index contributed by atoms with van der Waals surface area (Å²) < 4.78 is 26.6. The summed E-state index contributed by atoms with van der Waals surface area (Å²) in [5.41, 5.74) is -0.257. The van der Waals surface area contributed by atoms with E-state index in [4.69, 9.17) is 0 Å². The van der Waals surface area contributed by atoms with Crippen LogP contribution in [0.3, 0.4) is 0 Å². The third-order valence-corrected chi connectivity index (χ3v) is 5.22. The minimum atomic E-state index is -0.939. The van der Waals surface area contributed by atoms with Crippen LogP contribution in [0, 0.1) is 11.6 Å². The van der Waals surface area contributed by atoms with E-state index in [1.54, 1.807) is 9.80 Å². The Bertz CT molecular complexity index is 756. The van der Waals surface area contributed by atoms with Crippen LogP contribution in [-0.2, 0) is 9.59 Å². The maximum Gasteiger partial charge on any atom is 0.254 e. The minimum absolute atomic E-state index is 0.0646. The Balaban J connectivity index is 1.77. The van der Waals surface area contributed by atoms with Gasteiger partial charge in [-0.15, -0.1) is 0 Å². The van der Waals surface area contributed by atoms with Crippen molar-refractivity contribution in [2.45, 2.75) is 26.7 Å². The number of rotatable bonds is 8. The fourth-order valence-electron chi connectivity index (χ4n) is 3.46. The van der Waals surface area contributed by atoms with Crippen molar-refractivity contribution in [2.24, 2.45) is 0 Å². The molecule has 2 rings (SSSR count). The van der Waals surface area contributed by atoms with Crippen LogP contribution in [0.5, 0.6) is 0 Å². The van der Waals surface area contributed by atoms with E-state index >= 15 is 0 Å². The van der Waals surface area contributed by atoms with Crippen molar-refractivity contribution in [3.63, 3.8) is 0 Å². The van der Waals surface area contributed by atoms with E-state index in [0.29, 0.717) is 45.3 Å². The van der Waals surface area contributed by atoms with E-state index in [-0.39, 0.29) is 30.3 Å². The molecule has 1 heterocycles. The van der Waals surface area contributed by atoms with Crippen molar-refractivity contribution >= 4 is 17.7 Å². The molecule has 0 aliphatic carbocycles. The third-order valence-electron chi connectivity index (χ3n) is 5.22. The standard InChI is InChI=1S/C21H30F2N4O3/c1-3-26(4-2)20(29)15-25-10-5-11-27(13-12-25)19(28)8-9-24-21(30)17-7-6-16(22)14-18(17)23/h6-7,14H,3-5,8-13,15H2,1-2H3,(H,24,30). The highest BCUT2D eigenvalue weighted by Gasteiger charge is 2.22. The first-order chi connectivity index (χ1) is 14.3. The van der Waals surface area contributed by atoms with Crippen LogP contribution < -0.4 is 5.32 Å². The summed E-state index contributed by atoms with van der Waals surface area (Å²) in [5.74, 6) is -2.39. The molecular weight excluding hydrogens is 394 g/mol. The van der Waals surface area contributed by atoms with Gasteiger partial charge in [0, 0.05) is 58.3 Å². The second-order valence-corrected chi connectivity index (χ2v) is 7.21. The van der Waals surface area contributed by atoms with Crippen LogP contribution in [-0.4, -0.2) is 84.8 Å². The Morgan fingerprint density at radius 1 is 1.07 bits per heavy atom. The largest absolute Gasteiger partial charge is 0.351 e. The first-order valence-electron chi connectivity index (χ1n) is 10.4. The van der Waals surface area contributed by atoms with Gasteiger partial charge in [0.25, 0.3) is 5.91 Å². The molecule has 1 fully saturated rings. The number of carbonyl (C=O) groups excluding carboxylic acids is 3. The Kier molecular flexibility index (Phi) is 9.16. The van der Waals surface area contributed by atoms with Gasteiger partial charge in [-0.1, -0.05) is 0 Å². The molecule has 1 N–H and O–H groups in total. The van der Waals surface area contributed by atoms with E-state index in [1.807, 2.05) is 13.8 Å². The number of hydrogen-bond donors (Lipinski definition) is 1. The molecule has 30 heavy (non-hydrogen) atoms. The van der Waals surface area contributed by atoms with Crippen molar-refractivity contribution in [2.75, 3.05) is 52.4 Å². The molecule has 0 radical (unpaired) electrons. The lowest BCUT2D eigenvalue weighted by Crippen LogP contribution is -2.42. The number of halogens is 2. The molecule has 9 heteroatoms. The maximum atomic E-state index is 13.6. The van der Waals surface area contributed by atoms with E-state index in [1.165, 1.54) is 0 Å². The molecule has 1 aliphatic rings. The quantitative estimate of drug-likeness (QED) is 0.686. The number of hydrogen-bond acceptors (Lipinski definition) is 4. The summed E-state index contributed by atoms with van der Waals surface area (Å²) in [6.07, 6.45) is 0.858. The molecule has 0 atom stereocenters. The van der Waals surface area contributed by atoms with Gasteiger partial charge in [0.1, 0.15) is 11.6 Å². The Morgan fingerprint density at radius 3 is 2.47 bits per heavy atom. The second kappa shape index (κ2) is 11.6. The highest BCUT2D eigenvalue weighted by atomic mass is 19.1. The molecule has 0 unspecified atom stereocenters. The topological polar surface area (TPSA) is 73.0 Å². The number of carbonyl (C=O) groups is 3. The maximum absolute atomic E-state index is 13.6. The minimum Gasteiger partial charge on any atom is -0.351 e. The Morgan fingerprint density at radius 2 is 1.80 bits per heavy atom. The highest BCUT2D eigenvalue weighted by Crippen LogP contribution is 2.10. The third kappa shape index (κ3) is 6.76. The van der Waals surface area contributed by atoms with Gasteiger partial charge >= 0.3 is 0 Å². The number of likely N-dealkylation sites (N-methyl/N-ethyl adjacent to an activating group) is 1. The summed E-state index contributed by atoms with van der Waals surface area (Å²) in [6.45, 7) is 8.16. The first kappa shape index (κ1) is 23.7. The van der Waals surface area contributed by atoms with Crippen molar-refractivity contribution in [1.82, 2.24) is 20.0 Å². The first-order valence-corrected chi connectivity index (χ1v) is 10.4. The molecule has 0 bridgehead atoms. The van der Waals surface area contributed by atoms with E-state index in [9.17, 15) is 23.2 Å². The van der Waals surface area contributed by atoms with E-state index < -0.39 is 17.5 Å². The van der Waals surface area contributed by atoms with Crippen LogP contribution in [0.4, 0.5) is 8.78 Å². The van der Waals surface area contributed by atoms with Gasteiger partial charge in [-0.25, -0.2) is 8.78 Å². The average molecular weight is 424 g/mol. The molecular formula is C21H30F2N4O3. The van der Waals surface area contributed by atoms with Gasteiger partial charge in [0.15, 0.2) is 0 Å². The van der Waals surface area contributed by atoms with Crippen LogP contribution in [0.2, 0.25) is 0 Å². The lowest BCUT2D eigenvalue weighted by atomic mass is 10.2. The fraction of sp³-hybridized carbons (Fsp3) is 0.571. The van der Waals surface area contributed by atoms with E-state index in [2.05, 4.69) is 10.2 Å². The van der Waals surface area contributed by atoms with Gasteiger partial charge in [-0.2, -0.15) is 0 Å². The SMILES string of the molecule is CCN(CC)C(=O)CN1CCCN(C(=O)CCNC(=O)c2ccc(F)cc2F)CC1. The van der Waals surface area contributed by atoms with Crippen molar-refractivity contribution in [3.05, 3.63) is 35.4 Å². The molecule has 7 nitrogen and oxygen atoms in total. The van der Waals surface area contributed by atoms with Crippen LogP contribution >= 0.6 is 0 Å².